The van der Waals surface area contributed by atoms with Crippen LogP contribution in [0.3, 0.4) is 0 Å². The number of rotatable bonds is 5. The Hall–Kier alpha value is -1.95. The molecule has 0 saturated heterocycles. The van der Waals surface area contributed by atoms with Gasteiger partial charge in [0.25, 0.3) is 5.91 Å². The zero-order valence-corrected chi connectivity index (χ0v) is 13.3. The summed E-state index contributed by atoms with van der Waals surface area (Å²) in [5.74, 6) is -0.204. The summed E-state index contributed by atoms with van der Waals surface area (Å²) in [7, 11) is 0. The van der Waals surface area contributed by atoms with Crippen LogP contribution in [0.5, 0.6) is 11.5 Å². The predicted molar refractivity (Wildman–Crippen MR) is 82.3 cm³/mol. The van der Waals surface area contributed by atoms with E-state index >= 15 is 0 Å². The van der Waals surface area contributed by atoms with Gasteiger partial charge in [-0.25, -0.2) is 0 Å². The van der Waals surface area contributed by atoms with Gasteiger partial charge in [0.15, 0.2) is 11.5 Å². The van der Waals surface area contributed by atoms with Gasteiger partial charge < -0.3 is 20.5 Å². The number of ether oxygens (including phenoxy) is 2. The molecule has 3 N–H and O–H groups in total. The molecule has 1 aromatic carbocycles. The number of hydrogen-bond donors (Lipinski definition) is 2. The second-order valence-corrected chi connectivity index (χ2v) is 5.63. The first-order chi connectivity index (χ1) is 10.4. The standard InChI is InChI=1S/C15H19ClN2O4/c1-3-8(2)12(14(17)19)18-15(20)9-6-10(16)13-11(7-9)21-4-5-22-13/h6-8,12H,3-5H2,1-2H3,(H2,17,19)(H,18,20). The Morgan fingerprint density at radius 1 is 1.36 bits per heavy atom. The lowest BCUT2D eigenvalue weighted by molar-refractivity contribution is -0.120. The van der Waals surface area contributed by atoms with E-state index in [9.17, 15) is 9.59 Å². The van der Waals surface area contributed by atoms with Crippen LogP contribution >= 0.6 is 11.6 Å². The normalized spacial score (nSPS) is 15.8. The molecule has 1 aliphatic heterocycles. The fourth-order valence-electron chi connectivity index (χ4n) is 2.20. The summed E-state index contributed by atoms with van der Waals surface area (Å²) in [5, 5.41) is 2.94. The van der Waals surface area contributed by atoms with Crippen LogP contribution in [-0.4, -0.2) is 31.1 Å². The molecule has 22 heavy (non-hydrogen) atoms. The minimum atomic E-state index is -0.732. The molecule has 7 heteroatoms. The van der Waals surface area contributed by atoms with Crippen LogP contribution in [0.1, 0.15) is 30.6 Å². The number of primary amides is 1. The first kappa shape index (κ1) is 16.4. The number of carbonyl (C=O) groups excluding carboxylic acids is 2. The Morgan fingerprint density at radius 3 is 2.68 bits per heavy atom. The number of benzene rings is 1. The Bertz CT molecular complexity index is 591. The van der Waals surface area contributed by atoms with Crippen LogP contribution in [0.2, 0.25) is 5.02 Å². The van der Waals surface area contributed by atoms with E-state index in [0.29, 0.717) is 35.3 Å². The lowest BCUT2D eigenvalue weighted by Gasteiger charge is -2.23. The van der Waals surface area contributed by atoms with E-state index < -0.39 is 17.9 Å². The Labute approximate surface area is 133 Å². The van der Waals surface area contributed by atoms with Gasteiger partial charge in [-0.3, -0.25) is 9.59 Å². The van der Waals surface area contributed by atoms with Crippen molar-refractivity contribution in [3.8, 4) is 11.5 Å². The molecule has 2 rings (SSSR count). The monoisotopic (exact) mass is 326 g/mol. The summed E-state index contributed by atoms with van der Waals surface area (Å²) >= 11 is 6.10. The van der Waals surface area contributed by atoms with Crippen molar-refractivity contribution in [1.29, 1.82) is 0 Å². The maximum atomic E-state index is 12.3. The molecule has 0 aromatic heterocycles. The van der Waals surface area contributed by atoms with Crippen LogP contribution < -0.4 is 20.5 Å². The lowest BCUT2D eigenvalue weighted by Crippen LogP contribution is -2.48. The molecule has 0 saturated carbocycles. The van der Waals surface area contributed by atoms with Crippen molar-refractivity contribution >= 4 is 23.4 Å². The third-order valence-corrected chi connectivity index (χ3v) is 3.95. The number of halogens is 1. The van der Waals surface area contributed by atoms with Crippen molar-refractivity contribution in [3.05, 3.63) is 22.7 Å². The number of amides is 2. The summed E-state index contributed by atoms with van der Waals surface area (Å²) in [6.07, 6.45) is 0.718. The molecular weight excluding hydrogens is 308 g/mol. The first-order valence-corrected chi connectivity index (χ1v) is 7.51. The molecule has 2 atom stereocenters. The molecule has 1 aliphatic rings. The van der Waals surface area contributed by atoms with E-state index in [1.165, 1.54) is 6.07 Å². The fourth-order valence-corrected chi connectivity index (χ4v) is 2.46. The van der Waals surface area contributed by atoms with E-state index in [4.69, 9.17) is 26.8 Å². The summed E-state index contributed by atoms with van der Waals surface area (Å²) < 4.78 is 10.8. The van der Waals surface area contributed by atoms with Gasteiger partial charge in [-0.15, -0.1) is 0 Å². The molecule has 2 amide bonds. The molecule has 1 heterocycles. The van der Waals surface area contributed by atoms with Crippen LogP contribution in [0.15, 0.2) is 12.1 Å². The van der Waals surface area contributed by atoms with Crippen molar-refractivity contribution in [2.45, 2.75) is 26.3 Å². The quantitative estimate of drug-likeness (QED) is 0.862. The maximum absolute atomic E-state index is 12.3. The van der Waals surface area contributed by atoms with Gasteiger partial charge in [0, 0.05) is 5.56 Å². The zero-order valence-electron chi connectivity index (χ0n) is 12.5. The topological polar surface area (TPSA) is 90.7 Å². The minimum Gasteiger partial charge on any atom is -0.486 e. The average Bonchev–Trinajstić information content (AvgIpc) is 2.51. The number of fused-ring (bicyclic) bond motifs is 1. The Morgan fingerprint density at radius 2 is 2.05 bits per heavy atom. The third-order valence-electron chi connectivity index (χ3n) is 3.67. The van der Waals surface area contributed by atoms with Gasteiger partial charge in [-0.1, -0.05) is 31.9 Å². The summed E-state index contributed by atoms with van der Waals surface area (Å²) in [6, 6.07) is 2.30. The highest BCUT2D eigenvalue weighted by molar-refractivity contribution is 6.32. The van der Waals surface area contributed by atoms with Crippen molar-refractivity contribution in [2.75, 3.05) is 13.2 Å². The van der Waals surface area contributed by atoms with Gasteiger partial charge in [0.2, 0.25) is 5.91 Å². The first-order valence-electron chi connectivity index (χ1n) is 7.13. The molecule has 2 unspecified atom stereocenters. The molecule has 0 fully saturated rings. The largest absolute Gasteiger partial charge is 0.486 e. The Balaban J connectivity index is 2.22. The molecule has 1 aromatic rings. The highest BCUT2D eigenvalue weighted by Crippen LogP contribution is 2.38. The van der Waals surface area contributed by atoms with Crippen LogP contribution in [-0.2, 0) is 4.79 Å². The van der Waals surface area contributed by atoms with E-state index in [1.807, 2.05) is 13.8 Å². The molecule has 6 nitrogen and oxygen atoms in total. The summed E-state index contributed by atoms with van der Waals surface area (Å²) in [4.78, 5) is 23.8. The number of hydrogen-bond acceptors (Lipinski definition) is 4. The van der Waals surface area contributed by atoms with Crippen molar-refractivity contribution in [2.24, 2.45) is 11.7 Å². The van der Waals surface area contributed by atoms with Gasteiger partial charge in [-0.2, -0.15) is 0 Å². The second-order valence-electron chi connectivity index (χ2n) is 5.22. The molecule has 0 aliphatic carbocycles. The van der Waals surface area contributed by atoms with E-state index in [1.54, 1.807) is 6.07 Å². The van der Waals surface area contributed by atoms with E-state index in [0.717, 1.165) is 6.42 Å². The Kier molecular flexibility index (Phi) is 5.13. The van der Waals surface area contributed by atoms with Gasteiger partial charge in [0.05, 0.1) is 5.02 Å². The third kappa shape index (κ3) is 3.44. The van der Waals surface area contributed by atoms with Crippen LogP contribution in [0.4, 0.5) is 0 Å². The maximum Gasteiger partial charge on any atom is 0.252 e. The fraction of sp³-hybridized carbons (Fsp3) is 0.467. The molecule has 0 spiro atoms. The molecular formula is C15H19ClN2O4. The SMILES string of the molecule is CCC(C)C(NC(=O)c1cc(Cl)c2c(c1)OCCO2)C(N)=O. The second kappa shape index (κ2) is 6.87. The van der Waals surface area contributed by atoms with Crippen LogP contribution in [0.25, 0.3) is 0 Å². The number of carbonyl (C=O) groups is 2. The van der Waals surface area contributed by atoms with Crippen molar-refractivity contribution < 1.29 is 19.1 Å². The minimum absolute atomic E-state index is 0.0610. The van der Waals surface area contributed by atoms with Gasteiger partial charge in [0.1, 0.15) is 19.3 Å². The smallest absolute Gasteiger partial charge is 0.252 e. The highest BCUT2D eigenvalue weighted by Gasteiger charge is 2.25. The summed E-state index contributed by atoms with van der Waals surface area (Å²) in [5.41, 5.74) is 5.65. The molecule has 120 valence electrons. The lowest BCUT2D eigenvalue weighted by atomic mass is 9.98. The predicted octanol–water partition coefficient (Wildman–Crippen LogP) is 1.74. The molecule has 0 radical (unpaired) electrons. The highest BCUT2D eigenvalue weighted by atomic mass is 35.5. The zero-order chi connectivity index (χ0) is 16.3. The van der Waals surface area contributed by atoms with E-state index in [-0.39, 0.29) is 5.92 Å². The number of nitrogens with two attached hydrogens (primary N) is 1. The van der Waals surface area contributed by atoms with Crippen molar-refractivity contribution in [1.82, 2.24) is 5.32 Å². The van der Waals surface area contributed by atoms with Gasteiger partial charge in [-0.05, 0) is 18.1 Å². The van der Waals surface area contributed by atoms with E-state index in [2.05, 4.69) is 5.32 Å². The number of nitrogens with one attached hydrogen (secondary N) is 1. The molecule has 0 bridgehead atoms. The average molecular weight is 327 g/mol. The summed E-state index contributed by atoms with van der Waals surface area (Å²) in [6.45, 7) is 4.58. The van der Waals surface area contributed by atoms with Crippen LogP contribution in [0, 0.1) is 5.92 Å². The van der Waals surface area contributed by atoms with Crippen molar-refractivity contribution in [3.63, 3.8) is 0 Å². The van der Waals surface area contributed by atoms with Gasteiger partial charge >= 0.3 is 0 Å².